The molecule has 0 aliphatic rings. The lowest BCUT2D eigenvalue weighted by atomic mass is 10.1. The van der Waals surface area contributed by atoms with Gasteiger partial charge in [-0.3, -0.25) is 4.72 Å². The Hall–Kier alpha value is -3.56. The molecule has 2 amide bonds. The Morgan fingerprint density at radius 3 is 1.84 bits per heavy atom. The number of amides is 2. The number of hydrogen-bond acceptors (Lipinski definition) is 5. The number of hydrogen-bond donors (Lipinski definition) is 3. The highest BCUT2D eigenvalue weighted by Gasteiger charge is 2.21. The SMILES string of the molecule is CC(C)(C)OCCC(C)(C)Oc1ccc(NC(=O)Nc2ccc(S(=O)(=O)Nc3ccccc3)cc2)cc1. The molecular weight excluding hydrogens is 490 g/mol. The number of sulfonamides is 1. The van der Waals surface area contributed by atoms with Crippen LogP contribution in [-0.4, -0.2) is 32.3 Å². The first kappa shape index (κ1) is 28.0. The predicted molar refractivity (Wildman–Crippen MR) is 148 cm³/mol. The minimum atomic E-state index is -3.73. The van der Waals surface area contributed by atoms with Gasteiger partial charge in [-0.15, -0.1) is 0 Å². The summed E-state index contributed by atoms with van der Waals surface area (Å²) in [6, 6.07) is 21.2. The number of rotatable bonds is 10. The number of carbonyl (C=O) groups is 1. The normalized spacial score (nSPS) is 12.0. The highest BCUT2D eigenvalue weighted by Crippen LogP contribution is 2.24. The number of carbonyl (C=O) groups excluding carboxylic acids is 1. The zero-order valence-electron chi connectivity index (χ0n) is 21.9. The lowest BCUT2D eigenvalue weighted by Gasteiger charge is -2.28. The summed E-state index contributed by atoms with van der Waals surface area (Å²) < 4.78 is 39.5. The van der Waals surface area contributed by atoms with E-state index in [0.717, 1.165) is 6.42 Å². The van der Waals surface area contributed by atoms with E-state index < -0.39 is 21.7 Å². The molecule has 0 radical (unpaired) electrons. The van der Waals surface area contributed by atoms with Gasteiger partial charge in [-0.1, -0.05) is 18.2 Å². The van der Waals surface area contributed by atoms with Gasteiger partial charge in [0.1, 0.15) is 11.4 Å². The molecule has 0 heterocycles. The molecule has 0 saturated heterocycles. The van der Waals surface area contributed by atoms with Crippen LogP contribution in [0.5, 0.6) is 5.75 Å². The summed E-state index contributed by atoms with van der Waals surface area (Å²) in [6.07, 6.45) is 0.731. The van der Waals surface area contributed by atoms with Crippen LogP contribution in [0.4, 0.5) is 21.9 Å². The molecule has 0 spiro atoms. The number of benzene rings is 3. The van der Waals surface area contributed by atoms with Gasteiger partial charge in [0.05, 0.1) is 17.1 Å². The number of nitrogens with one attached hydrogen (secondary N) is 3. The fourth-order valence-electron chi connectivity index (χ4n) is 3.31. The van der Waals surface area contributed by atoms with E-state index in [1.165, 1.54) is 24.3 Å². The Morgan fingerprint density at radius 2 is 1.30 bits per heavy atom. The fourth-order valence-corrected chi connectivity index (χ4v) is 4.37. The van der Waals surface area contributed by atoms with E-state index in [2.05, 4.69) is 15.4 Å². The van der Waals surface area contributed by atoms with E-state index in [1.54, 1.807) is 54.6 Å². The third kappa shape index (κ3) is 9.44. The van der Waals surface area contributed by atoms with Crippen LogP contribution in [0, 0.1) is 0 Å². The summed E-state index contributed by atoms with van der Waals surface area (Å²) in [4.78, 5) is 12.5. The highest BCUT2D eigenvalue weighted by molar-refractivity contribution is 7.92. The molecule has 9 heteroatoms. The number of urea groups is 1. The molecule has 198 valence electrons. The Kier molecular flexibility index (Phi) is 8.83. The summed E-state index contributed by atoms with van der Waals surface area (Å²) in [7, 11) is -3.73. The predicted octanol–water partition coefficient (Wildman–Crippen LogP) is 6.49. The summed E-state index contributed by atoms with van der Waals surface area (Å²) >= 11 is 0. The second-order valence-electron chi connectivity index (χ2n) is 10.2. The lowest BCUT2D eigenvalue weighted by Crippen LogP contribution is -2.32. The van der Waals surface area contributed by atoms with Crippen molar-refractivity contribution < 1.29 is 22.7 Å². The first-order valence-electron chi connectivity index (χ1n) is 12.0. The van der Waals surface area contributed by atoms with Crippen molar-refractivity contribution in [3.05, 3.63) is 78.9 Å². The molecular formula is C28H35N3O5S. The molecule has 0 atom stereocenters. The Balaban J connectivity index is 1.51. The third-order valence-corrected chi connectivity index (χ3v) is 6.59. The van der Waals surface area contributed by atoms with E-state index in [9.17, 15) is 13.2 Å². The zero-order valence-corrected chi connectivity index (χ0v) is 22.7. The van der Waals surface area contributed by atoms with Crippen LogP contribution in [0.15, 0.2) is 83.8 Å². The van der Waals surface area contributed by atoms with Crippen LogP contribution in [0.25, 0.3) is 0 Å². The van der Waals surface area contributed by atoms with Gasteiger partial charge >= 0.3 is 6.03 Å². The molecule has 0 aromatic heterocycles. The van der Waals surface area contributed by atoms with Crippen molar-refractivity contribution in [2.45, 2.75) is 57.1 Å². The standard InChI is InChI=1S/C28H35N3O5S/c1-27(2,3)35-20-19-28(4,5)36-24-15-11-21(12-16-24)29-26(32)30-22-13-17-25(18-14-22)37(33,34)31-23-9-7-6-8-10-23/h6-18,31H,19-20H2,1-5H3,(H2,29,30,32). The monoisotopic (exact) mass is 525 g/mol. The summed E-state index contributed by atoms with van der Waals surface area (Å²) in [5.74, 6) is 0.688. The average molecular weight is 526 g/mol. The van der Waals surface area contributed by atoms with Crippen LogP contribution < -0.4 is 20.1 Å². The maximum Gasteiger partial charge on any atom is 0.323 e. The summed E-state index contributed by atoms with van der Waals surface area (Å²) in [5, 5.41) is 5.45. The Morgan fingerprint density at radius 1 is 0.757 bits per heavy atom. The summed E-state index contributed by atoms with van der Waals surface area (Å²) in [6.45, 7) is 10.7. The molecule has 3 N–H and O–H groups in total. The fraction of sp³-hybridized carbons (Fsp3) is 0.321. The van der Waals surface area contributed by atoms with Crippen molar-refractivity contribution in [2.75, 3.05) is 22.0 Å². The molecule has 37 heavy (non-hydrogen) atoms. The van der Waals surface area contributed by atoms with E-state index in [0.29, 0.717) is 29.4 Å². The van der Waals surface area contributed by atoms with E-state index >= 15 is 0 Å². The number of para-hydroxylation sites is 1. The molecule has 0 bridgehead atoms. The molecule has 0 saturated carbocycles. The minimum absolute atomic E-state index is 0.0887. The van der Waals surface area contributed by atoms with Crippen molar-refractivity contribution in [3.63, 3.8) is 0 Å². The van der Waals surface area contributed by atoms with Crippen LogP contribution in [0.3, 0.4) is 0 Å². The molecule has 8 nitrogen and oxygen atoms in total. The first-order chi connectivity index (χ1) is 17.3. The topological polar surface area (TPSA) is 106 Å². The van der Waals surface area contributed by atoms with Gasteiger partial charge in [0.15, 0.2) is 0 Å². The smallest absolute Gasteiger partial charge is 0.323 e. The molecule has 0 fully saturated rings. The van der Waals surface area contributed by atoms with Crippen LogP contribution >= 0.6 is 0 Å². The Labute approximate surface area is 219 Å². The first-order valence-corrected chi connectivity index (χ1v) is 13.5. The maximum absolute atomic E-state index is 12.6. The maximum atomic E-state index is 12.6. The number of anilines is 3. The quantitative estimate of drug-likeness (QED) is 0.280. The van der Waals surface area contributed by atoms with Gasteiger partial charge < -0.3 is 20.1 Å². The van der Waals surface area contributed by atoms with Gasteiger partial charge in [-0.25, -0.2) is 13.2 Å². The van der Waals surface area contributed by atoms with Crippen molar-refractivity contribution in [1.82, 2.24) is 0 Å². The van der Waals surface area contributed by atoms with Crippen LogP contribution in [0.2, 0.25) is 0 Å². The molecule has 3 rings (SSSR count). The van der Waals surface area contributed by atoms with E-state index in [4.69, 9.17) is 9.47 Å². The van der Waals surface area contributed by atoms with Crippen LogP contribution in [0.1, 0.15) is 41.0 Å². The molecule has 0 aliphatic heterocycles. The third-order valence-electron chi connectivity index (χ3n) is 5.19. The molecule has 3 aromatic carbocycles. The molecule has 0 aliphatic carbocycles. The van der Waals surface area contributed by atoms with Gasteiger partial charge in [0, 0.05) is 23.5 Å². The Bertz CT molecular complexity index is 1270. The van der Waals surface area contributed by atoms with Crippen molar-refractivity contribution in [2.24, 2.45) is 0 Å². The lowest BCUT2D eigenvalue weighted by molar-refractivity contribution is -0.0292. The zero-order chi connectivity index (χ0) is 27.1. The van der Waals surface area contributed by atoms with Crippen molar-refractivity contribution in [1.29, 1.82) is 0 Å². The van der Waals surface area contributed by atoms with Crippen molar-refractivity contribution >= 4 is 33.1 Å². The van der Waals surface area contributed by atoms with E-state index in [-0.39, 0.29) is 10.5 Å². The molecule has 0 unspecified atom stereocenters. The van der Waals surface area contributed by atoms with Gasteiger partial charge in [0.2, 0.25) is 0 Å². The summed E-state index contributed by atoms with van der Waals surface area (Å²) in [5.41, 5.74) is 0.913. The second-order valence-corrected chi connectivity index (χ2v) is 11.9. The highest BCUT2D eigenvalue weighted by atomic mass is 32.2. The molecule has 3 aromatic rings. The van der Waals surface area contributed by atoms with E-state index in [1.807, 2.05) is 34.6 Å². The van der Waals surface area contributed by atoms with Gasteiger partial charge in [-0.2, -0.15) is 0 Å². The van der Waals surface area contributed by atoms with Gasteiger partial charge in [0.25, 0.3) is 10.0 Å². The average Bonchev–Trinajstić information content (AvgIpc) is 2.80. The number of ether oxygens (including phenoxy) is 2. The second kappa shape index (κ2) is 11.7. The van der Waals surface area contributed by atoms with Crippen LogP contribution in [-0.2, 0) is 14.8 Å². The van der Waals surface area contributed by atoms with Gasteiger partial charge in [-0.05, 0) is 95.3 Å². The minimum Gasteiger partial charge on any atom is -0.488 e. The van der Waals surface area contributed by atoms with Crippen molar-refractivity contribution in [3.8, 4) is 5.75 Å². The largest absolute Gasteiger partial charge is 0.488 e.